The van der Waals surface area contributed by atoms with Gasteiger partial charge in [-0.15, -0.1) is 0 Å². The average molecular weight is 328 g/mol. The minimum Gasteiger partial charge on any atom is -0.345 e. The number of aromatic nitrogens is 2. The zero-order chi connectivity index (χ0) is 16.2. The predicted molar refractivity (Wildman–Crippen MR) is 92.6 cm³/mol. The first-order valence-corrected chi connectivity index (χ1v) is 8.04. The number of halogens is 1. The van der Waals surface area contributed by atoms with Crippen molar-refractivity contribution >= 4 is 28.5 Å². The summed E-state index contributed by atoms with van der Waals surface area (Å²) in [6.45, 7) is 3.41. The lowest BCUT2D eigenvalue weighted by atomic mass is 10.2. The maximum atomic E-state index is 12.2. The summed E-state index contributed by atoms with van der Waals surface area (Å²) in [6, 6.07) is 14.9. The molecule has 0 atom stereocenters. The van der Waals surface area contributed by atoms with E-state index >= 15 is 0 Å². The Morgan fingerprint density at radius 1 is 1.17 bits per heavy atom. The molecular formula is C18H18ClN3O. The predicted octanol–water partition coefficient (Wildman–Crippen LogP) is 4.03. The molecular weight excluding hydrogens is 310 g/mol. The Hall–Kier alpha value is -2.33. The second-order valence-corrected chi connectivity index (χ2v) is 5.79. The second kappa shape index (κ2) is 6.84. The Bertz CT molecular complexity index is 824. The molecule has 0 radical (unpaired) electrons. The Morgan fingerprint density at radius 2 is 1.91 bits per heavy atom. The summed E-state index contributed by atoms with van der Waals surface area (Å²) in [4.78, 5) is 16.9. The number of imidazole rings is 1. The second-order valence-electron chi connectivity index (χ2n) is 5.36. The summed E-state index contributed by atoms with van der Waals surface area (Å²) in [5.41, 5.74) is 2.65. The number of para-hydroxylation sites is 2. The summed E-state index contributed by atoms with van der Waals surface area (Å²) in [7, 11) is 0. The fourth-order valence-electron chi connectivity index (χ4n) is 2.60. The molecule has 3 aromatic rings. The highest BCUT2D eigenvalue weighted by atomic mass is 35.5. The summed E-state index contributed by atoms with van der Waals surface area (Å²) >= 11 is 5.84. The van der Waals surface area contributed by atoms with Gasteiger partial charge >= 0.3 is 0 Å². The smallest absolute Gasteiger partial charge is 0.251 e. The van der Waals surface area contributed by atoms with E-state index in [4.69, 9.17) is 11.6 Å². The molecule has 0 saturated heterocycles. The summed E-state index contributed by atoms with van der Waals surface area (Å²) in [5.74, 6) is 0.743. The van der Waals surface area contributed by atoms with Crippen LogP contribution < -0.4 is 5.32 Å². The number of rotatable bonds is 5. The topological polar surface area (TPSA) is 46.9 Å². The number of amides is 1. The molecule has 118 valence electrons. The van der Waals surface area contributed by atoms with Crippen molar-refractivity contribution < 1.29 is 4.79 Å². The van der Waals surface area contributed by atoms with Crippen molar-refractivity contribution in [1.29, 1.82) is 0 Å². The molecule has 0 saturated carbocycles. The van der Waals surface area contributed by atoms with Crippen LogP contribution in [-0.4, -0.2) is 15.5 Å². The molecule has 23 heavy (non-hydrogen) atoms. The van der Waals surface area contributed by atoms with Crippen LogP contribution in [-0.2, 0) is 13.1 Å². The van der Waals surface area contributed by atoms with Gasteiger partial charge in [0.1, 0.15) is 5.82 Å². The van der Waals surface area contributed by atoms with Gasteiger partial charge in [0.25, 0.3) is 5.91 Å². The van der Waals surface area contributed by atoms with Crippen molar-refractivity contribution in [3.05, 3.63) is 64.9 Å². The van der Waals surface area contributed by atoms with E-state index in [0.717, 1.165) is 29.8 Å². The third-order valence-electron chi connectivity index (χ3n) is 3.69. The molecule has 1 N–H and O–H groups in total. The minimum atomic E-state index is -0.128. The maximum Gasteiger partial charge on any atom is 0.251 e. The summed E-state index contributed by atoms with van der Waals surface area (Å²) < 4.78 is 2.16. The number of benzene rings is 2. The summed E-state index contributed by atoms with van der Waals surface area (Å²) in [5, 5.41) is 3.55. The first-order valence-electron chi connectivity index (χ1n) is 7.67. The lowest BCUT2D eigenvalue weighted by Crippen LogP contribution is -2.24. The lowest BCUT2D eigenvalue weighted by Gasteiger charge is -2.09. The fraction of sp³-hybridized carbons (Fsp3) is 0.222. The molecule has 5 heteroatoms. The molecule has 0 fully saturated rings. The third-order valence-corrected chi connectivity index (χ3v) is 3.95. The Morgan fingerprint density at radius 3 is 2.65 bits per heavy atom. The molecule has 0 aliphatic heterocycles. The highest BCUT2D eigenvalue weighted by Gasteiger charge is 2.11. The zero-order valence-electron chi connectivity index (χ0n) is 12.9. The molecule has 1 aromatic heterocycles. The van der Waals surface area contributed by atoms with Crippen molar-refractivity contribution in [1.82, 2.24) is 14.9 Å². The normalized spacial score (nSPS) is 10.9. The number of aryl methyl sites for hydroxylation is 1. The van der Waals surface area contributed by atoms with Crippen LogP contribution in [0.1, 0.15) is 29.5 Å². The van der Waals surface area contributed by atoms with E-state index in [1.807, 2.05) is 18.2 Å². The van der Waals surface area contributed by atoms with Crippen molar-refractivity contribution in [2.24, 2.45) is 0 Å². The minimum absolute atomic E-state index is 0.128. The number of carbonyl (C=O) groups is 1. The van der Waals surface area contributed by atoms with E-state index in [9.17, 15) is 4.79 Å². The largest absolute Gasteiger partial charge is 0.345 e. The van der Waals surface area contributed by atoms with Crippen LogP contribution in [0.3, 0.4) is 0 Å². The standard InChI is InChI=1S/C18H18ClN3O/c1-2-11-22-16-6-4-3-5-15(16)21-17(22)12-20-18(23)13-7-9-14(19)10-8-13/h3-10H,2,11-12H2,1H3,(H,20,23). The monoisotopic (exact) mass is 327 g/mol. The fourth-order valence-corrected chi connectivity index (χ4v) is 2.72. The van der Waals surface area contributed by atoms with Gasteiger partial charge in [0.15, 0.2) is 0 Å². The number of carbonyl (C=O) groups excluding carboxylic acids is 1. The molecule has 0 aliphatic carbocycles. The van der Waals surface area contributed by atoms with E-state index in [0.29, 0.717) is 17.1 Å². The van der Waals surface area contributed by atoms with Crippen LogP contribution in [0.15, 0.2) is 48.5 Å². The van der Waals surface area contributed by atoms with Crippen LogP contribution in [0.2, 0.25) is 5.02 Å². The van der Waals surface area contributed by atoms with E-state index in [2.05, 4.69) is 27.9 Å². The molecule has 0 unspecified atom stereocenters. The van der Waals surface area contributed by atoms with Crippen molar-refractivity contribution in [3.8, 4) is 0 Å². The number of nitrogens with one attached hydrogen (secondary N) is 1. The number of hydrogen-bond donors (Lipinski definition) is 1. The van der Waals surface area contributed by atoms with Crippen LogP contribution in [0.25, 0.3) is 11.0 Å². The molecule has 0 spiro atoms. The quantitative estimate of drug-likeness (QED) is 0.769. The van der Waals surface area contributed by atoms with E-state index < -0.39 is 0 Å². The van der Waals surface area contributed by atoms with Crippen LogP contribution in [0.5, 0.6) is 0 Å². The van der Waals surface area contributed by atoms with E-state index in [1.165, 1.54) is 0 Å². The zero-order valence-corrected chi connectivity index (χ0v) is 13.7. The lowest BCUT2D eigenvalue weighted by molar-refractivity contribution is 0.0949. The third kappa shape index (κ3) is 3.37. The van der Waals surface area contributed by atoms with Gasteiger partial charge in [0, 0.05) is 17.1 Å². The van der Waals surface area contributed by atoms with Gasteiger partial charge in [-0.1, -0.05) is 30.7 Å². The van der Waals surface area contributed by atoms with Crippen LogP contribution in [0, 0.1) is 0 Å². The van der Waals surface area contributed by atoms with E-state index in [-0.39, 0.29) is 5.91 Å². The highest BCUT2D eigenvalue weighted by molar-refractivity contribution is 6.30. The van der Waals surface area contributed by atoms with Gasteiger partial charge in [-0.05, 0) is 42.8 Å². The number of nitrogens with zero attached hydrogens (tertiary/aromatic N) is 2. The van der Waals surface area contributed by atoms with Gasteiger partial charge < -0.3 is 9.88 Å². The van der Waals surface area contributed by atoms with Gasteiger partial charge in [0.05, 0.1) is 17.6 Å². The first kappa shape index (κ1) is 15.6. The van der Waals surface area contributed by atoms with Gasteiger partial charge in [-0.3, -0.25) is 4.79 Å². The summed E-state index contributed by atoms with van der Waals surface area (Å²) in [6.07, 6.45) is 1.01. The van der Waals surface area contributed by atoms with Crippen LogP contribution >= 0.6 is 11.6 Å². The molecule has 4 nitrogen and oxygen atoms in total. The van der Waals surface area contributed by atoms with Crippen LogP contribution in [0.4, 0.5) is 0 Å². The Labute approximate surface area is 140 Å². The van der Waals surface area contributed by atoms with E-state index in [1.54, 1.807) is 24.3 Å². The van der Waals surface area contributed by atoms with Gasteiger partial charge in [-0.25, -0.2) is 4.98 Å². The first-order chi connectivity index (χ1) is 11.2. The van der Waals surface area contributed by atoms with Crippen molar-refractivity contribution in [2.75, 3.05) is 0 Å². The maximum absolute atomic E-state index is 12.2. The van der Waals surface area contributed by atoms with Gasteiger partial charge in [-0.2, -0.15) is 0 Å². The molecule has 1 heterocycles. The Kier molecular flexibility index (Phi) is 4.63. The Balaban J connectivity index is 1.79. The highest BCUT2D eigenvalue weighted by Crippen LogP contribution is 2.17. The molecule has 2 aromatic carbocycles. The average Bonchev–Trinajstić information content (AvgIpc) is 2.92. The molecule has 3 rings (SSSR count). The van der Waals surface area contributed by atoms with Crippen molar-refractivity contribution in [2.45, 2.75) is 26.4 Å². The number of fused-ring (bicyclic) bond motifs is 1. The molecule has 0 bridgehead atoms. The van der Waals surface area contributed by atoms with Crippen molar-refractivity contribution in [3.63, 3.8) is 0 Å². The number of hydrogen-bond acceptors (Lipinski definition) is 2. The van der Waals surface area contributed by atoms with Gasteiger partial charge in [0.2, 0.25) is 0 Å². The molecule has 0 aliphatic rings. The molecule has 1 amide bonds. The SMILES string of the molecule is CCCn1c(CNC(=O)c2ccc(Cl)cc2)nc2ccccc21.